The molecule has 71 valence electrons. The summed E-state index contributed by atoms with van der Waals surface area (Å²) in [5, 5.41) is 51.5. The number of nitriles is 6. The molecule has 0 aliphatic heterocycles. The predicted octanol–water partition coefficient (Wildman–Crippen LogP) is -2.90. The maximum absolute atomic E-state index is 8.58. The fourth-order valence-electron chi connectivity index (χ4n) is 0.265. The molecule has 0 heterocycles. The van der Waals surface area contributed by atoms with Crippen LogP contribution in [-0.4, -0.2) is 0 Å². The van der Waals surface area contributed by atoms with Gasteiger partial charge in [0.1, 0.15) is 0 Å². The van der Waals surface area contributed by atoms with Crippen molar-refractivity contribution in [3.05, 3.63) is 0 Å². The van der Waals surface area contributed by atoms with E-state index >= 15 is 0 Å². The van der Waals surface area contributed by atoms with Crippen LogP contribution < -0.4 is 29.6 Å². The normalized spacial score (nSPS) is 11.6. The molecule has 1 radical (unpaired) electrons. The van der Waals surface area contributed by atoms with Crippen LogP contribution in [0.3, 0.4) is 0 Å². The van der Waals surface area contributed by atoms with Crippen molar-refractivity contribution in [2.75, 3.05) is 0 Å². The number of nitrogens with zero attached hydrogens (tertiary/aromatic N) is 6. The fourth-order valence-corrected chi connectivity index (χ4v) is 1.09. The summed E-state index contributed by atoms with van der Waals surface area (Å²) in [6.07, 6.45) is 0. The fraction of sp³-hybridized carbons (Fsp3) is 0. The van der Waals surface area contributed by atoms with Crippen LogP contribution in [0.2, 0.25) is 0 Å². The zero-order valence-corrected chi connectivity index (χ0v) is 11.6. The summed E-state index contributed by atoms with van der Waals surface area (Å²) in [4.78, 5) is 6.19. The molecule has 0 N–H and O–H groups in total. The van der Waals surface area contributed by atoms with Gasteiger partial charge in [0.05, 0.1) is 0 Å². The maximum atomic E-state index is 8.58. The summed E-state index contributed by atoms with van der Waals surface area (Å²) >= 11 is 0. The molecule has 0 atom stereocenters. The predicted molar refractivity (Wildman–Crippen MR) is 33.7 cm³/mol. The van der Waals surface area contributed by atoms with Crippen molar-refractivity contribution in [3.8, 4) is 29.8 Å². The molecule has 0 spiro atoms. The molecule has 15 heavy (non-hydrogen) atoms. The summed E-state index contributed by atoms with van der Waals surface area (Å²) in [6.45, 7) is 0. The Bertz CT molecular complexity index is 395. The molecule has 0 rings (SSSR count). The van der Waals surface area contributed by atoms with Crippen LogP contribution in [0, 0.1) is 61.4 Å². The van der Waals surface area contributed by atoms with E-state index in [1.54, 1.807) is 0 Å². The van der Waals surface area contributed by atoms with E-state index in [4.69, 9.17) is 31.6 Å². The van der Waals surface area contributed by atoms with Crippen molar-refractivity contribution in [2.45, 2.75) is 0 Å². The second kappa shape index (κ2) is 4.67. The smallest absolute Gasteiger partial charge is 1.00 e. The molecular weight excluding hydrogens is 291 g/mol. The van der Waals surface area contributed by atoms with Gasteiger partial charge in [0.25, 0.3) is 0 Å². The van der Waals surface area contributed by atoms with Crippen LogP contribution in [0.15, 0.2) is 0 Å². The Kier molecular flexibility index (Phi) is 6.08. The van der Waals surface area contributed by atoms with E-state index in [0.29, 0.717) is 0 Å². The Morgan fingerprint density at radius 2 is 0.667 bits per heavy atom. The van der Waals surface area contributed by atoms with Crippen molar-refractivity contribution in [1.82, 2.24) is 0 Å². The summed E-state index contributed by atoms with van der Waals surface area (Å²) < 4.78 is 0. The third kappa shape index (κ3) is 1.86. The molecule has 0 saturated carbocycles. The van der Waals surface area contributed by atoms with Crippen LogP contribution in [-0.2, 0) is 27.8 Å². The van der Waals surface area contributed by atoms with E-state index < -0.39 is 10.7 Å². The SMILES string of the molecule is N#[C][Fe-4]([C]#N)([C]#N)([C]#N)([C]#N)[C]#N.[Fe+3].[Na+]. The van der Waals surface area contributed by atoms with Gasteiger partial charge in [-0.15, -0.1) is 0 Å². The van der Waals surface area contributed by atoms with E-state index in [2.05, 4.69) is 0 Å². The molecule has 6 nitrogen and oxygen atoms in total. The molecular formula is C6Fe2N6Na. The van der Waals surface area contributed by atoms with Crippen molar-refractivity contribution in [3.63, 3.8) is 0 Å². The van der Waals surface area contributed by atoms with Crippen molar-refractivity contribution < 1.29 is 57.4 Å². The van der Waals surface area contributed by atoms with E-state index in [1.807, 2.05) is 0 Å². The first-order valence-electron chi connectivity index (χ1n) is 2.40. The standard InChI is InChI=1S/6CN.2Fe.Na/c6*1-2;;;/q;;;;;;-4;+3;+1. The van der Waals surface area contributed by atoms with Crippen LogP contribution in [0.25, 0.3) is 0 Å². The van der Waals surface area contributed by atoms with Gasteiger partial charge in [-0.05, 0) is 0 Å². The molecule has 0 unspecified atom stereocenters. The van der Waals surface area contributed by atoms with Gasteiger partial charge >= 0.3 is 119 Å². The number of hydrogen-bond donors (Lipinski definition) is 0. The summed E-state index contributed by atoms with van der Waals surface area (Å²) in [5.74, 6) is 0. The Morgan fingerprint density at radius 3 is 0.667 bits per heavy atom. The third-order valence-electron chi connectivity index (χ3n) is 1.19. The van der Waals surface area contributed by atoms with Crippen LogP contribution in [0.5, 0.6) is 0 Å². The molecule has 0 aromatic carbocycles. The Balaban J connectivity index is -0.000000720. The van der Waals surface area contributed by atoms with Crippen molar-refractivity contribution >= 4 is 0 Å². The number of hydrogen-bond acceptors (Lipinski definition) is 6. The monoisotopic (exact) mass is 291 g/mol. The van der Waals surface area contributed by atoms with Crippen LogP contribution in [0.1, 0.15) is 0 Å². The van der Waals surface area contributed by atoms with E-state index in [0.717, 1.165) is 29.8 Å². The van der Waals surface area contributed by atoms with Crippen LogP contribution in [0.4, 0.5) is 0 Å². The van der Waals surface area contributed by atoms with Gasteiger partial charge in [-0.25, -0.2) is 0 Å². The molecule has 0 aromatic rings. The quantitative estimate of drug-likeness (QED) is 0.438. The van der Waals surface area contributed by atoms with Gasteiger partial charge in [0.15, 0.2) is 0 Å². The van der Waals surface area contributed by atoms with Crippen molar-refractivity contribution in [2.24, 2.45) is 0 Å². The first kappa shape index (κ1) is 19.5. The Labute approximate surface area is 118 Å². The topological polar surface area (TPSA) is 143 Å². The van der Waals surface area contributed by atoms with Gasteiger partial charge in [-0.1, -0.05) is 0 Å². The minimum atomic E-state index is -6.17. The third-order valence-corrected chi connectivity index (χ3v) is 4.89. The second-order valence-electron chi connectivity index (χ2n) is 1.80. The minimum Gasteiger partial charge on any atom is 1.00 e. The molecule has 0 aliphatic carbocycles. The van der Waals surface area contributed by atoms with Gasteiger partial charge < -0.3 is 0 Å². The number of rotatable bonds is 0. The first-order chi connectivity index (χ1) is 5.97. The van der Waals surface area contributed by atoms with Gasteiger partial charge in [0.2, 0.25) is 0 Å². The molecule has 9 heteroatoms. The molecule has 0 fully saturated rings. The van der Waals surface area contributed by atoms with Gasteiger partial charge in [-0.3, -0.25) is 0 Å². The first-order valence-corrected chi connectivity index (χ1v) is 5.71. The maximum Gasteiger partial charge on any atom is 3.00 e. The van der Waals surface area contributed by atoms with Gasteiger partial charge in [-0.2, -0.15) is 0 Å². The van der Waals surface area contributed by atoms with E-state index in [1.165, 1.54) is 0 Å². The molecule has 0 aromatic heterocycles. The van der Waals surface area contributed by atoms with E-state index in [9.17, 15) is 0 Å². The molecule has 0 amide bonds. The van der Waals surface area contributed by atoms with Crippen LogP contribution >= 0.6 is 0 Å². The average Bonchev–Trinajstić information content (AvgIpc) is 2.26. The zero-order valence-electron chi connectivity index (χ0n) is 7.39. The zero-order chi connectivity index (χ0) is 10.7. The summed E-state index contributed by atoms with van der Waals surface area (Å²) in [6, 6.07) is 0. The van der Waals surface area contributed by atoms with E-state index in [-0.39, 0.29) is 46.6 Å². The largest absolute Gasteiger partial charge is 3.00 e. The summed E-state index contributed by atoms with van der Waals surface area (Å²) in [5.41, 5.74) is 0. The molecule has 0 aliphatic rings. The second-order valence-corrected chi connectivity index (χ2v) is 7.42. The Hall–Kier alpha value is -1.02. The minimum absolute atomic E-state index is 0. The Morgan fingerprint density at radius 1 is 0.533 bits per heavy atom. The molecule has 0 bridgehead atoms. The van der Waals surface area contributed by atoms with Crippen molar-refractivity contribution in [1.29, 1.82) is 31.6 Å². The molecule has 0 saturated heterocycles. The van der Waals surface area contributed by atoms with Gasteiger partial charge in [0, 0.05) is 0 Å². The summed E-state index contributed by atoms with van der Waals surface area (Å²) in [7, 11) is -6.17. The average molecular weight is 291 g/mol.